The monoisotopic (exact) mass is 443 g/mol. The lowest BCUT2D eigenvalue weighted by molar-refractivity contribution is -0.118. The van der Waals surface area contributed by atoms with Crippen molar-refractivity contribution in [2.24, 2.45) is 0 Å². The second-order valence-electron chi connectivity index (χ2n) is 6.85. The molecule has 1 amide bonds. The van der Waals surface area contributed by atoms with E-state index >= 15 is 0 Å². The fourth-order valence-corrected chi connectivity index (χ4v) is 5.36. The van der Waals surface area contributed by atoms with E-state index < -0.39 is 10.0 Å². The molecule has 7 nitrogen and oxygen atoms in total. The van der Waals surface area contributed by atoms with Gasteiger partial charge in [-0.05, 0) is 48.7 Å². The van der Waals surface area contributed by atoms with Crippen LogP contribution in [-0.4, -0.2) is 33.0 Å². The van der Waals surface area contributed by atoms with Crippen LogP contribution in [0.4, 0.5) is 10.8 Å². The fourth-order valence-electron chi connectivity index (χ4n) is 3.36. The van der Waals surface area contributed by atoms with E-state index in [2.05, 4.69) is 9.71 Å². The van der Waals surface area contributed by atoms with Crippen LogP contribution in [0, 0.1) is 0 Å². The van der Waals surface area contributed by atoms with Crippen molar-refractivity contribution < 1.29 is 17.9 Å². The molecular formula is C21H21N3O4S2. The number of amides is 1. The third kappa shape index (κ3) is 4.31. The van der Waals surface area contributed by atoms with Gasteiger partial charge in [0.15, 0.2) is 5.13 Å². The Bertz CT molecular complexity index is 1160. The topological polar surface area (TPSA) is 88.6 Å². The predicted octanol–water partition coefficient (Wildman–Crippen LogP) is 3.47. The number of anilines is 2. The van der Waals surface area contributed by atoms with Gasteiger partial charge in [0.1, 0.15) is 5.75 Å². The van der Waals surface area contributed by atoms with Crippen LogP contribution in [0.2, 0.25) is 0 Å². The van der Waals surface area contributed by atoms with E-state index in [1.54, 1.807) is 17.5 Å². The summed E-state index contributed by atoms with van der Waals surface area (Å²) in [6, 6.07) is 14.1. The molecule has 2 aromatic carbocycles. The maximum absolute atomic E-state index is 12.6. The first-order valence-electron chi connectivity index (χ1n) is 9.46. The Balaban J connectivity index is 1.37. The number of aromatic nitrogens is 1. The van der Waals surface area contributed by atoms with E-state index in [1.165, 1.54) is 36.1 Å². The standard InChI is InChI=1S/C21H21N3O4S2/c1-28-17-7-9-18(10-8-17)30(26,27)23-21-22-16(14-29-21)6-11-20(25)24-13-12-15-4-2-3-5-19(15)24/h2-5,7-10,14H,6,11-13H2,1H3,(H,22,23). The van der Waals surface area contributed by atoms with Crippen molar-refractivity contribution in [1.29, 1.82) is 0 Å². The molecule has 30 heavy (non-hydrogen) atoms. The number of nitrogens with zero attached hydrogens (tertiary/aromatic N) is 2. The number of hydrogen-bond donors (Lipinski definition) is 1. The highest BCUT2D eigenvalue weighted by Crippen LogP contribution is 2.28. The molecule has 1 aromatic heterocycles. The molecule has 0 aliphatic carbocycles. The minimum absolute atomic E-state index is 0.0494. The van der Waals surface area contributed by atoms with Gasteiger partial charge in [0.2, 0.25) is 5.91 Å². The van der Waals surface area contributed by atoms with Gasteiger partial charge in [0.05, 0.1) is 17.7 Å². The zero-order valence-corrected chi connectivity index (χ0v) is 18.0. The maximum Gasteiger partial charge on any atom is 0.263 e. The van der Waals surface area contributed by atoms with E-state index in [0.717, 1.165) is 12.1 Å². The van der Waals surface area contributed by atoms with Crippen molar-refractivity contribution >= 4 is 38.1 Å². The van der Waals surface area contributed by atoms with Crippen LogP contribution < -0.4 is 14.4 Å². The molecular weight excluding hydrogens is 422 g/mol. The third-order valence-corrected chi connectivity index (χ3v) is 7.22. The molecule has 0 bridgehead atoms. The van der Waals surface area contributed by atoms with Crippen molar-refractivity contribution in [2.75, 3.05) is 23.3 Å². The highest BCUT2D eigenvalue weighted by Gasteiger charge is 2.24. The molecule has 156 valence electrons. The highest BCUT2D eigenvalue weighted by molar-refractivity contribution is 7.93. The van der Waals surface area contributed by atoms with Crippen LogP contribution in [0.15, 0.2) is 58.8 Å². The number of benzene rings is 2. The summed E-state index contributed by atoms with van der Waals surface area (Å²) >= 11 is 1.20. The van der Waals surface area contributed by atoms with E-state index in [9.17, 15) is 13.2 Å². The number of aryl methyl sites for hydroxylation is 1. The van der Waals surface area contributed by atoms with E-state index in [1.807, 2.05) is 29.2 Å². The van der Waals surface area contributed by atoms with Gasteiger partial charge in [-0.3, -0.25) is 9.52 Å². The number of para-hydroxylation sites is 1. The zero-order valence-electron chi connectivity index (χ0n) is 16.4. The largest absolute Gasteiger partial charge is 0.497 e. The average molecular weight is 444 g/mol. The molecule has 9 heteroatoms. The van der Waals surface area contributed by atoms with Gasteiger partial charge < -0.3 is 9.64 Å². The van der Waals surface area contributed by atoms with Crippen molar-refractivity contribution in [3.8, 4) is 5.75 Å². The van der Waals surface area contributed by atoms with Gasteiger partial charge in [-0.25, -0.2) is 13.4 Å². The normalized spacial score (nSPS) is 13.2. The molecule has 0 spiro atoms. The summed E-state index contributed by atoms with van der Waals surface area (Å²) in [5.41, 5.74) is 2.86. The Kier molecular flexibility index (Phi) is 5.74. The van der Waals surface area contributed by atoms with Crippen LogP contribution in [-0.2, 0) is 27.7 Å². The van der Waals surface area contributed by atoms with Crippen LogP contribution >= 0.6 is 11.3 Å². The average Bonchev–Trinajstić information content (AvgIpc) is 3.38. The Morgan fingerprint density at radius 3 is 2.73 bits per heavy atom. The van der Waals surface area contributed by atoms with E-state index in [0.29, 0.717) is 30.8 Å². The second kappa shape index (κ2) is 8.45. The fraction of sp³-hybridized carbons (Fsp3) is 0.238. The molecule has 4 rings (SSSR count). The quantitative estimate of drug-likeness (QED) is 0.604. The molecule has 0 unspecified atom stereocenters. The highest BCUT2D eigenvalue weighted by atomic mass is 32.2. The van der Waals surface area contributed by atoms with Crippen molar-refractivity contribution in [3.63, 3.8) is 0 Å². The molecule has 3 aromatic rings. The van der Waals surface area contributed by atoms with Gasteiger partial charge in [0.25, 0.3) is 10.0 Å². The molecule has 0 fully saturated rings. The van der Waals surface area contributed by atoms with Gasteiger partial charge in [-0.2, -0.15) is 0 Å². The number of carbonyl (C=O) groups is 1. The van der Waals surface area contributed by atoms with Gasteiger partial charge in [-0.1, -0.05) is 18.2 Å². The van der Waals surface area contributed by atoms with Gasteiger partial charge >= 0.3 is 0 Å². The number of carbonyl (C=O) groups excluding carboxylic acids is 1. The summed E-state index contributed by atoms with van der Waals surface area (Å²) in [4.78, 5) is 18.9. The zero-order chi connectivity index (χ0) is 21.1. The summed E-state index contributed by atoms with van der Waals surface area (Å²) in [6.07, 6.45) is 1.65. The van der Waals surface area contributed by atoms with Crippen LogP contribution in [0.5, 0.6) is 5.75 Å². The van der Waals surface area contributed by atoms with Gasteiger partial charge in [-0.15, -0.1) is 11.3 Å². The number of rotatable bonds is 7. The van der Waals surface area contributed by atoms with Gasteiger partial charge in [0, 0.05) is 24.0 Å². The number of methoxy groups -OCH3 is 1. The first-order chi connectivity index (χ1) is 14.5. The number of hydrogen-bond acceptors (Lipinski definition) is 6. The molecule has 1 N–H and O–H groups in total. The lowest BCUT2D eigenvalue weighted by Gasteiger charge is -2.16. The molecule has 0 saturated heterocycles. The Hall–Kier alpha value is -2.91. The van der Waals surface area contributed by atoms with Crippen molar-refractivity contribution in [3.05, 3.63) is 65.2 Å². The lowest BCUT2D eigenvalue weighted by atomic mass is 10.2. The van der Waals surface area contributed by atoms with Crippen molar-refractivity contribution in [2.45, 2.75) is 24.2 Å². The molecule has 0 saturated carbocycles. The number of nitrogens with one attached hydrogen (secondary N) is 1. The molecule has 1 aliphatic heterocycles. The Morgan fingerprint density at radius 2 is 1.97 bits per heavy atom. The summed E-state index contributed by atoms with van der Waals surface area (Å²) in [5.74, 6) is 0.629. The first-order valence-corrected chi connectivity index (χ1v) is 11.8. The van der Waals surface area contributed by atoms with Crippen molar-refractivity contribution in [1.82, 2.24) is 4.98 Å². The first kappa shape index (κ1) is 20.4. The maximum atomic E-state index is 12.6. The minimum Gasteiger partial charge on any atom is -0.497 e. The summed E-state index contributed by atoms with van der Waals surface area (Å²) in [7, 11) is -2.22. The Labute approximate surface area is 179 Å². The van der Waals surface area contributed by atoms with Crippen LogP contribution in [0.1, 0.15) is 17.7 Å². The third-order valence-electron chi connectivity index (χ3n) is 4.93. The van der Waals surface area contributed by atoms with E-state index in [-0.39, 0.29) is 15.9 Å². The smallest absolute Gasteiger partial charge is 0.263 e. The minimum atomic E-state index is -3.74. The number of thiazole rings is 1. The molecule has 0 atom stereocenters. The summed E-state index contributed by atoms with van der Waals surface area (Å²) in [6.45, 7) is 0.697. The molecule has 2 heterocycles. The summed E-state index contributed by atoms with van der Waals surface area (Å²) < 4.78 is 32.6. The SMILES string of the molecule is COc1ccc(S(=O)(=O)Nc2nc(CCC(=O)N3CCc4ccccc43)cs2)cc1. The predicted molar refractivity (Wildman–Crippen MR) is 117 cm³/mol. The van der Waals surface area contributed by atoms with Crippen LogP contribution in [0.25, 0.3) is 0 Å². The Morgan fingerprint density at radius 1 is 1.20 bits per heavy atom. The molecule has 1 aliphatic rings. The second-order valence-corrected chi connectivity index (χ2v) is 9.39. The van der Waals surface area contributed by atoms with Crippen LogP contribution in [0.3, 0.4) is 0 Å². The lowest BCUT2D eigenvalue weighted by Crippen LogP contribution is -2.29. The summed E-state index contributed by atoms with van der Waals surface area (Å²) in [5, 5.41) is 2.05. The molecule has 0 radical (unpaired) electrons. The number of ether oxygens (including phenoxy) is 1. The number of fused-ring (bicyclic) bond motifs is 1. The van der Waals surface area contributed by atoms with E-state index in [4.69, 9.17) is 4.74 Å². The number of sulfonamides is 1.